The predicted molar refractivity (Wildman–Crippen MR) is 51.1 cm³/mol. The first kappa shape index (κ1) is 11.9. The third kappa shape index (κ3) is 2.11. The quantitative estimate of drug-likeness (QED) is 0.744. The number of aryl methyl sites for hydroxylation is 1. The van der Waals surface area contributed by atoms with Gasteiger partial charge in [-0.05, 0) is 12.8 Å². The monoisotopic (exact) mass is 248 g/mol. The van der Waals surface area contributed by atoms with Crippen LogP contribution in [-0.4, -0.2) is 44.6 Å². The van der Waals surface area contributed by atoms with Gasteiger partial charge in [-0.25, -0.2) is 4.68 Å². The Morgan fingerprint density at radius 2 is 2.24 bits per heavy atom. The van der Waals surface area contributed by atoms with Crippen LogP contribution in [0, 0.1) is 0 Å². The molecule has 1 aliphatic rings. The maximum atomic E-state index is 12.7. The Hall–Kier alpha value is -1.60. The first-order valence-electron chi connectivity index (χ1n) is 5.13. The van der Waals surface area contributed by atoms with Crippen LogP contribution in [0.5, 0.6) is 0 Å². The third-order valence-corrected chi connectivity index (χ3v) is 2.83. The molecule has 0 bridgehead atoms. The van der Waals surface area contributed by atoms with Gasteiger partial charge in [-0.2, -0.15) is 13.2 Å². The van der Waals surface area contributed by atoms with E-state index in [1.165, 1.54) is 17.9 Å². The summed E-state index contributed by atoms with van der Waals surface area (Å²) in [5, 5.41) is 7.02. The Balaban J connectivity index is 2.23. The van der Waals surface area contributed by atoms with Gasteiger partial charge in [0.05, 0.1) is 6.20 Å². The normalized spacial score (nSPS) is 20.9. The Morgan fingerprint density at radius 1 is 1.53 bits per heavy atom. The molecular weight excluding hydrogens is 237 g/mol. The summed E-state index contributed by atoms with van der Waals surface area (Å²) >= 11 is 0. The Morgan fingerprint density at radius 3 is 2.76 bits per heavy atom. The van der Waals surface area contributed by atoms with Gasteiger partial charge in [0.25, 0.3) is 5.91 Å². The van der Waals surface area contributed by atoms with Crippen LogP contribution in [0.2, 0.25) is 0 Å². The van der Waals surface area contributed by atoms with E-state index in [-0.39, 0.29) is 18.7 Å². The molecule has 0 spiro atoms. The second-order valence-electron chi connectivity index (χ2n) is 3.94. The number of halogens is 3. The molecule has 1 amide bonds. The number of hydrogen-bond acceptors (Lipinski definition) is 3. The van der Waals surface area contributed by atoms with E-state index in [1.54, 1.807) is 0 Å². The van der Waals surface area contributed by atoms with Gasteiger partial charge >= 0.3 is 6.18 Å². The van der Waals surface area contributed by atoms with Crippen LogP contribution >= 0.6 is 0 Å². The van der Waals surface area contributed by atoms with Crippen LogP contribution in [0.1, 0.15) is 23.3 Å². The molecule has 0 aliphatic carbocycles. The Bertz CT molecular complexity index is 428. The van der Waals surface area contributed by atoms with Gasteiger partial charge in [0.2, 0.25) is 0 Å². The highest BCUT2D eigenvalue weighted by Crippen LogP contribution is 2.33. The van der Waals surface area contributed by atoms with Crippen molar-refractivity contribution in [3.05, 3.63) is 11.9 Å². The zero-order valence-corrected chi connectivity index (χ0v) is 9.11. The minimum Gasteiger partial charge on any atom is -0.325 e. The Labute approximate surface area is 95.2 Å². The minimum atomic E-state index is -4.38. The van der Waals surface area contributed by atoms with Crippen LogP contribution in [0.25, 0.3) is 0 Å². The fourth-order valence-corrected chi connectivity index (χ4v) is 1.98. The highest BCUT2D eigenvalue weighted by atomic mass is 19.4. The summed E-state index contributed by atoms with van der Waals surface area (Å²) < 4.78 is 39.2. The van der Waals surface area contributed by atoms with Crippen molar-refractivity contribution in [1.82, 2.24) is 19.9 Å². The number of alkyl halides is 3. The van der Waals surface area contributed by atoms with Crippen molar-refractivity contribution in [3.63, 3.8) is 0 Å². The van der Waals surface area contributed by atoms with Crippen molar-refractivity contribution in [3.8, 4) is 0 Å². The van der Waals surface area contributed by atoms with E-state index in [0.29, 0.717) is 6.42 Å². The molecule has 0 saturated carbocycles. The van der Waals surface area contributed by atoms with Gasteiger partial charge < -0.3 is 4.90 Å². The van der Waals surface area contributed by atoms with Crippen LogP contribution in [-0.2, 0) is 7.05 Å². The fourth-order valence-electron chi connectivity index (χ4n) is 1.98. The van der Waals surface area contributed by atoms with Crippen molar-refractivity contribution in [2.24, 2.45) is 7.05 Å². The summed E-state index contributed by atoms with van der Waals surface area (Å²) in [7, 11) is 1.47. The number of hydrogen-bond donors (Lipinski definition) is 0. The molecule has 0 unspecified atom stereocenters. The lowest BCUT2D eigenvalue weighted by Crippen LogP contribution is -2.45. The van der Waals surface area contributed by atoms with Gasteiger partial charge in [0.1, 0.15) is 11.7 Å². The van der Waals surface area contributed by atoms with Gasteiger partial charge in [0, 0.05) is 13.6 Å². The zero-order chi connectivity index (χ0) is 12.6. The lowest BCUT2D eigenvalue weighted by Gasteiger charge is -2.26. The molecule has 1 aromatic rings. The summed E-state index contributed by atoms with van der Waals surface area (Å²) in [4.78, 5) is 12.8. The number of likely N-dealkylation sites (tertiary alicyclic amines) is 1. The summed E-state index contributed by atoms with van der Waals surface area (Å²) in [6.45, 7) is 0.119. The maximum Gasteiger partial charge on any atom is 0.408 e. The van der Waals surface area contributed by atoms with Gasteiger partial charge in [-0.3, -0.25) is 4.79 Å². The Kier molecular flexibility index (Phi) is 2.80. The molecule has 1 aliphatic heterocycles. The third-order valence-electron chi connectivity index (χ3n) is 2.83. The maximum absolute atomic E-state index is 12.7. The number of carbonyl (C=O) groups excluding carboxylic acids is 1. The van der Waals surface area contributed by atoms with E-state index in [2.05, 4.69) is 10.3 Å². The van der Waals surface area contributed by atoms with Crippen molar-refractivity contribution < 1.29 is 18.0 Å². The molecule has 1 saturated heterocycles. The molecule has 1 atom stereocenters. The molecule has 17 heavy (non-hydrogen) atoms. The largest absolute Gasteiger partial charge is 0.408 e. The standard InChI is InChI=1S/C9H11F3N4O/c1-15-6(5-13-14-15)8(17)16-4-2-3-7(16)9(10,11)12/h5,7H,2-4H2,1H3/t7-/m0/s1. The molecule has 2 rings (SSSR count). The van der Waals surface area contributed by atoms with Gasteiger partial charge in [0.15, 0.2) is 0 Å². The topological polar surface area (TPSA) is 51.0 Å². The molecule has 0 radical (unpaired) electrons. The van der Waals surface area contributed by atoms with Crippen LogP contribution in [0.3, 0.4) is 0 Å². The molecule has 2 heterocycles. The number of aromatic nitrogens is 3. The average molecular weight is 248 g/mol. The van der Waals surface area contributed by atoms with Gasteiger partial charge in [-0.1, -0.05) is 5.21 Å². The molecule has 1 fully saturated rings. The molecule has 5 nitrogen and oxygen atoms in total. The van der Waals surface area contributed by atoms with E-state index < -0.39 is 18.1 Å². The second kappa shape index (κ2) is 4.01. The van der Waals surface area contributed by atoms with Crippen molar-refractivity contribution in [2.45, 2.75) is 25.1 Å². The van der Waals surface area contributed by atoms with E-state index >= 15 is 0 Å². The fraction of sp³-hybridized carbons (Fsp3) is 0.667. The lowest BCUT2D eigenvalue weighted by molar-refractivity contribution is -0.169. The summed E-state index contributed by atoms with van der Waals surface area (Å²) in [6, 6.07) is -1.69. The first-order chi connectivity index (χ1) is 7.91. The van der Waals surface area contributed by atoms with Crippen LogP contribution in [0.4, 0.5) is 13.2 Å². The summed E-state index contributed by atoms with van der Waals surface area (Å²) in [6.07, 6.45) is -2.88. The van der Waals surface area contributed by atoms with Crippen molar-refractivity contribution in [1.29, 1.82) is 0 Å². The average Bonchev–Trinajstić information content (AvgIpc) is 2.82. The molecular formula is C9H11F3N4O. The van der Waals surface area contributed by atoms with Crippen molar-refractivity contribution in [2.75, 3.05) is 6.54 Å². The smallest absolute Gasteiger partial charge is 0.325 e. The van der Waals surface area contributed by atoms with Crippen LogP contribution in [0.15, 0.2) is 6.20 Å². The lowest BCUT2D eigenvalue weighted by atomic mass is 10.2. The highest BCUT2D eigenvalue weighted by molar-refractivity contribution is 5.92. The van der Waals surface area contributed by atoms with E-state index in [0.717, 1.165) is 4.90 Å². The minimum absolute atomic E-state index is 0.0412. The zero-order valence-electron chi connectivity index (χ0n) is 9.11. The highest BCUT2D eigenvalue weighted by Gasteiger charge is 2.48. The molecule has 1 aromatic heterocycles. The molecule has 8 heteroatoms. The predicted octanol–water partition coefficient (Wildman–Crippen LogP) is 0.982. The summed E-state index contributed by atoms with van der Waals surface area (Å²) in [5.41, 5.74) is 0.0705. The summed E-state index contributed by atoms with van der Waals surface area (Å²) in [5.74, 6) is -0.669. The SMILES string of the molecule is Cn1nncc1C(=O)N1CCC[C@H]1C(F)(F)F. The molecule has 94 valence electrons. The number of carbonyl (C=O) groups is 1. The number of rotatable bonds is 1. The van der Waals surface area contributed by atoms with Crippen LogP contribution < -0.4 is 0 Å². The first-order valence-corrected chi connectivity index (χ1v) is 5.13. The number of amides is 1. The second-order valence-corrected chi connectivity index (χ2v) is 3.94. The van der Waals surface area contributed by atoms with Gasteiger partial charge in [-0.15, -0.1) is 5.10 Å². The van der Waals surface area contributed by atoms with E-state index in [1.807, 2.05) is 0 Å². The number of nitrogens with zero attached hydrogens (tertiary/aromatic N) is 4. The van der Waals surface area contributed by atoms with E-state index in [4.69, 9.17) is 0 Å². The van der Waals surface area contributed by atoms with Crippen molar-refractivity contribution >= 4 is 5.91 Å². The van der Waals surface area contributed by atoms with E-state index in [9.17, 15) is 18.0 Å². The molecule has 0 aromatic carbocycles. The molecule has 0 N–H and O–H groups in total.